The van der Waals surface area contributed by atoms with Gasteiger partial charge in [-0.1, -0.05) is 59.8 Å². The van der Waals surface area contributed by atoms with Crippen LogP contribution in [0.25, 0.3) is 11.4 Å². The van der Waals surface area contributed by atoms with Gasteiger partial charge in [-0.05, 0) is 19.1 Å². The maximum atomic E-state index is 13.9. The molecule has 0 aliphatic carbocycles. The minimum Gasteiger partial charge on any atom is -0.341 e. The van der Waals surface area contributed by atoms with Crippen LogP contribution in [0.1, 0.15) is 12.5 Å². The van der Waals surface area contributed by atoms with Crippen LogP contribution in [0.2, 0.25) is 5.02 Å². The van der Waals surface area contributed by atoms with Crippen LogP contribution < -0.4 is 0 Å². The second kappa shape index (κ2) is 9.21. The zero-order chi connectivity index (χ0) is 20.1. The number of thioether (sulfide) groups is 1. The average molecular weight is 419 g/mol. The van der Waals surface area contributed by atoms with E-state index in [1.54, 1.807) is 19.2 Å². The van der Waals surface area contributed by atoms with Gasteiger partial charge >= 0.3 is 0 Å². The van der Waals surface area contributed by atoms with Gasteiger partial charge in [-0.15, -0.1) is 10.2 Å². The zero-order valence-electron chi connectivity index (χ0n) is 15.6. The first-order valence-corrected chi connectivity index (χ1v) is 10.2. The van der Waals surface area contributed by atoms with Gasteiger partial charge in [0.25, 0.3) is 0 Å². The van der Waals surface area contributed by atoms with E-state index in [-0.39, 0.29) is 18.2 Å². The molecule has 146 valence electrons. The van der Waals surface area contributed by atoms with Gasteiger partial charge in [0.2, 0.25) is 5.91 Å². The Balaban J connectivity index is 1.67. The van der Waals surface area contributed by atoms with E-state index >= 15 is 0 Å². The highest BCUT2D eigenvalue weighted by atomic mass is 35.5. The molecular formula is C20H20ClFN4OS. The number of hydrogen-bond donors (Lipinski definition) is 0. The fourth-order valence-corrected chi connectivity index (χ4v) is 3.89. The topological polar surface area (TPSA) is 51.0 Å². The van der Waals surface area contributed by atoms with Gasteiger partial charge in [-0.25, -0.2) is 4.39 Å². The fourth-order valence-electron chi connectivity index (χ4n) is 2.73. The van der Waals surface area contributed by atoms with Crippen molar-refractivity contribution in [2.75, 3.05) is 12.8 Å². The molecule has 0 bridgehead atoms. The summed E-state index contributed by atoms with van der Waals surface area (Å²) in [6.07, 6.45) is 0. The van der Waals surface area contributed by atoms with Crippen LogP contribution in [0.5, 0.6) is 0 Å². The highest BCUT2D eigenvalue weighted by Crippen LogP contribution is 2.25. The molecule has 2 aromatic carbocycles. The van der Waals surface area contributed by atoms with Crippen molar-refractivity contribution in [1.82, 2.24) is 19.7 Å². The second-order valence-corrected chi connectivity index (χ2v) is 7.50. The molecule has 0 aliphatic rings. The van der Waals surface area contributed by atoms with Gasteiger partial charge in [0.05, 0.1) is 5.75 Å². The highest BCUT2D eigenvalue weighted by molar-refractivity contribution is 7.99. The van der Waals surface area contributed by atoms with Crippen molar-refractivity contribution in [2.24, 2.45) is 0 Å². The minimum absolute atomic E-state index is 0.112. The lowest BCUT2D eigenvalue weighted by molar-refractivity contribution is -0.127. The molecule has 0 aliphatic heterocycles. The summed E-state index contributed by atoms with van der Waals surface area (Å²) in [5.41, 5.74) is 1.29. The van der Waals surface area contributed by atoms with Crippen LogP contribution in [0.15, 0.2) is 53.7 Å². The summed E-state index contributed by atoms with van der Waals surface area (Å²) in [6.45, 7) is 2.81. The maximum Gasteiger partial charge on any atom is 0.233 e. The Hall–Kier alpha value is -2.38. The smallest absolute Gasteiger partial charge is 0.233 e. The Morgan fingerprint density at radius 2 is 1.93 bits per heavy atom. The lowest BCUT2D eigenvalue weighted by Crippen LogP contribution is -2.28. The van der Waals surface area contributed by atoms with Crippen LogP contribution in [-0.2, 0) is 17.9 Å². The van der Waals surface area contributed by atoms with E-state index in [0.29, 0.717) is 22.3 Å². The van der Waals surface area contributed by atoms with Crippen molar-refractivity contribution in [3.05, 3.63) is 64.9 Å². The van der Waals surface area contributed by atoms with E-state index < -0.39 is 5.82 Å². The van der Waals surface area contributed by atoms with E-state index in [2.05, 4.69) is 10.2 Å². The third kappa shape index (κ3) is 4.54. The zero-order valence-corrected chi connectivity index (χ0v) is 17.2. The van der Waals surface area contributed by atoms with Gasteiger partial charge < -0.3 is 9.47 Å². The first-order valence-electron chi connectivity index (χ1n) is 8.79. The number of carbonyl (C=O) groups is 1. The lowest BCUT2D eigenvalue weighted by Gasteiger charge is -2.18. The van der Waals surface area contributed by atoms with Crippen molar-refractivity contribution in [3.63, 3.8) is 0 Å². The number of nitrogens with zero attached hydrogens (tertiary/aromatic N) is 4. The molecule has 8 heteroatoms. The number of hydrogen-bond acceptors (Lipinski definition) is 4. The number of halogens is 2. The first-order chi connectivity index (χ1) is 13.5. The Morgan fingerprint density at radius 3 is 2.61 bits per heavy atom. The summed E-state index contributed by atoms with van der Waals surface area (Å²) in [6, 6.07) is 14.3. The predicted molar refractivity (Wildman–Crippen MR) is 110 cm³/mol. The average Bonchev–Trinajstić information content (AvgIpc) is 3.12. The van der Waals surface area contributed by atoms with Crippen molar-refractivity contribution in [1.29, 1.82) is 0 Å². The molecule has 0 N–H and O–H groups in total. The maximum absolute atomic E-state index is 13.9. The molecule has 3 rings (SSSR count). The molecule has 0 unspecified atom stereocenters. The Labute approximate surface area is 172 Å². The van der Waals surface area contributed by atoms with Crippen molar-refractivity contribution in [3.8, 4) is 11.4 Å². The van der Waals surface area contributed by atoms with Gasteiger partial charge in [-0.2, -0.15) is 0 Å². The molecule has 0 fully saturated rings. The largest absolute Gasteiger partial charge is 0.341 e. The summed E-state index contributed by atoms with van der Waals surface area (Å²) < 4.78 is 15.9. The minimum atomic E-state index is -0.418. The molecule has 0 atom stereocenters. The fraction of sp³-hybridized carbons (Fsp3) is 0.250. The molecule has 0 spiro atoms. The number of aromatic nitrogens is 3. The molecule has 5 nitrogen and oxygen atoms in total. The van der Waals surface area contributed by atoms with E-state index in [9.17, 15) is 9.18 Å². The monoisotopic (exact) mass is 418 g/mol. The molecule has 0 radical (unpaired) electrons. The molecule has 0 saturated heterocycles. The summed E-state index contributed by atoms with van der Waals surface area (Å²) >= 11 is 7.36. The van der Waals surface area contributed by atoms with E-state index in [1.807, 2.05) is 41.8 Å². The third-order valence-corrected chi connectivity index (χ3v) is 5.58. The Morgan fingerprint density at radius 1 is 1.18 bits per heavy atom. The van der Waals surface area contributed by atoms with Crippen molar-refractivity contribution < 1.29 is 9.18 Å². The van der Waals surface area contributed by atoms with Gasteiger partial charge in [0.15, 0.2) is 11.0 Å². The summed E-state index contributed by atoms with van der Waals surface area (Å²) in [4.78, 5) is 14.0. The molecule has 1 amide bonds. The van der Waals surface area contributed by atoms with Crippen LogP contribution in [-0.4, -0.2) is 38.4 Å². The SMILES string of the molecule is CCn1c(SCC(=O)N(C)Cc2c(F)cccc2Cl)nnc1-c1ccccc1. The van der Waals surface area contributed by atoms with Crippen LogP contribution in [0, 0.1) is 5.82 Å². The summed E-state index contributed by atoms with van der Waals surface area (Å²) in [5.74, 6) is 0.383. The lowest BCUT2D eigenvalue weighted by atomic mass is 10.2. The van der Waals surface area contributed by atoms with Crippen molar-refractivity contribution >= 4 is 29.3 Å². The number of amides is 1. The van der Waals surface area contributed by atoms with Gasteiger partial charge in [0.1, 0.15) is 5.82 Å². The quantitative estimate of drug-likeness (QED) is 0.530. The molecule has 28 heavy (non-hydrogen) atoms. The first kappa shape index (κ1) is 20.4. The molecule has 3 aromatic rings. The normalized spacial score (nSPS) is 10.9. The summed E-state index contributed by atoms with van der Waals surface area (Å²) in [7, 11) is 1.63. The third-order valence-electron chi connectivity index (χ3n) is 4.27. The number of rotatable bonds is 7. The Kier molecular flexibility index (Phi) is 6.70. The predicted octanol–water partition coefficient (Wildman–Crippen LogP) is 4.51. The Bertz CT molecular complexity index is 944. The molecular weight excluding hydrogens is 399 g/mol. The van der Waals surface area contributed by atoms with Crippen molar-refractivity contribution in [2.45, 2.75) is 25.2 Å². The van der Waals surface area contributed by atoms with E-state index in [1.165, 1.54) is 22.7 Å². The number of carbonyl (C=O) groups excluding carboxylic acids is 1. The highest BCUT2D eigenvalue weighted by Gasteiger charge is 2.18. The van der Waals surface area contributed by atoms with Crippen LogP contribution in [0.4, 0.5) is 4.39 Å². The molecule has 1 aromatic heterocycles. The van der Waals surface area contributed by atoms with E-state index in [0.717, 1.165) is 11.4 Å². The number of benzene rings is 2. The summed E-state index contributed by atoms with van der Waals surface area (Å²) in [5, 5.41) is 9.49. The molecule has 0 saturated carbocycles. The second-order valence-electron chi connectivity index (χ2n) is 6.16. The van der Waals surface area contributed by atoms with E-state index in [4.69, 9.17) is 11.6 Å². The molecule has 1 heterocycles. The van der Waals surface area contributed by atoms with Crippen LogP contribution in [0.3, 0.4) is 0 Å². The van der Waals surface area contributed by atoms with Crippen LogP contribution >= 0.6 is 23.4 Å². The standard InChI is InChI=1S/C20H20ClFN4OS/c1-3-26-19(14-8-5-4-6-9-14)23-24-20(26)28-13-18(27)25(2)12-15-16(21)10-7-11-17(15)22/h4-11H,3,12-13H2,1-2H3. The van der Waals surface area contributed by atoms with Gasteiger partial charge in [-0.3, -0.25) is 4.79 Å². The van der Waals surface area contributed by atoms with Gasteiger partial charge in [0, 0.05) is 36.3 Å².